The van der Waals surface area contributed by atoms with Gasteiger partial charge in [0, 0.05) is 24.3 Å². The van der Waals surface area contributed by atoms with Crippen LogP contribution in [-0.4, -0.2) is 73.4 Å². The highest BCUT2D eigenvalue weighted by molar-refractivity contribution is 6.36. The topological polar surface area (TPSA) is 173 Å². The fourth-order valence-corrected chi connectivity index (χ4v) is 3.72. The van der Waals surface area contributed by atoms with Crippen molar-refractivity contribution >= 4 is 47.0 Å². The molecule has 0 saturated carbocycles. The van der Waals surface area contributed by atoms with Gasteiger partial charge >= 0.3 is 23.9 Å². The Hall–Kier alpha value is -4.48. The summed E-state index contributed by atoms with van der Waals surface area (Å²) in [5.41, 5.74) is -1.44. The van der Waals surface area contributed by atoms with Crippen molar-refractivity contribution in [1.29, 1.82) is 0 Å². The number of unbranched alkanes of at least 4 members (excludes halogenated alkanes) is 6. The van der Waals surface area contributed by atoms with Crippen molar-refractivity contribution in [2.45, 2.75) is 79.1 Å². The molecule has 240 valence electrons. The van der Waals surface area contributed by atoms with Crippen molar-refractivity contribution in [2.75, 3.05) is 26.4 Å². The quantitative estimate of drug-likeness (QED) is 0.0815. The van der Waals surface area contributed by atoms with Crippen LogP contribution in [0.1, 0.15) is 79.1 Å². The number of carbonyl (C=O) groups excluding carboxylic acids is 8. The van der Waals surface area contributed by atoms with E-state index in [1.807, 2.05) is 0 Å². The van der Waals surface area contributed by atoms with E-state index >= 15 is 0 Å². The molecule has 2 aliphatic rings. The van der Waals surface area contributed by atoms with E-state index in [1.54, 1.807) is 13.8 Å². The monoisotopic (exact) mass is 616 g/mol. The first-order valence-electron chi connectivity index (χ1n) is 14.7. The molecule has 0 radical (unpaired) electrons. The summed E-state index contributed by atoms with van der Waals surface area (Å²) in [5, 5.41) is 0. The molecular formula is C32H40O12. The molecule has 0 aromatic carbocycles. The zero-order valence-corrected chi connectivity index (χ0v) is 25.7. The number of ether oxygens (including phenoxy) is 4. The molecule has 44 heavy (non-hydrogen) atoms. The standard InChI is InChI=1S/C20H28O6.C12H12O6/c1-3-5-7-9-11-25-19(23)15-13-18(22)16(14-17(15)21)20(24)26-12-10-8-6-4-2;1-3-17-11(15)7-5-10(14)8(6-9(7)13)12(16)18-4-2/h13-14H,3-12H2,1-2H3;5-6H,3-4H2,1-2H3. The Bertz CT molecular complexity index is 1150. The maximum atomic E-state index is 12.0. The molecule has 0 aromatic rings. The summed E-state index contributed by atoms with van der Waals surface area (Å²) in [5.74, 6) is -6.31. The molecule has 0 saturated heterocycles. The third-order valence-corrected chi connectivity index (χ3v) is 6.06. The van der Waals surface area contributed by atoms with Crippen LogP contribution in [0.2, 0.25) is 0 Å². The van der Waals surface area contributed by atoms with Gasteiger partial charge in [0.15, 0.2) is 23.1 Å². The van der Waals surface area contributed by atoms with Gasteiger partial charge in [-0.3, -0.25) is 19.2 Å². The predicted molar refractivity (Wildman–Crippen MR) is 156 cm³/mol. The van der Waals surface area contributed by atoms with Gasteiger partial charge in [-0.2, -0.15) is 0 Å². The Balaban J connectivity index is 0.000000470. The number of ketones is 4. The lowest BCUT2D eigenvalue weighted by atomic mass is 9.97. The van der Waals surface area contributed by atoms with E-state index in [1.165, 1.54) is 0 Å². The molecule has 12 nitrogen and oxygen atoms in total. The highest BCUT2D eigenvalue weighted by Gasteiger charge is 2.31. The van der Waals surface area contributed by atoms with Gasteiger partial charge in [-0.15, -0.1) is 0 Å². The van der Waals surface area contributed by atoms with Gasteiger partial charge in [0.05, 0.1) is 26.4 Å². The van der Waals surface area contributed by atoms with Crippen LogP contribution in [0.15, 0.2) is 46.6 Å². The second-order valence-electron chi connectivity index (χ2n) is 9.52. The zero-order chi connectivity index (χ0) is 33.1. The smallest absolute Gasteiger partial charge is 0.342 e. The van der Waals surface area contributed by atoms with E-state index in [0.29, 0.717) is 12.8 Å². The molecule has 0 amide bonds. The summed E-state index contributed by atoms with van der Waals surface area (Å²) in [7, 11) is 0. The van der Waals surface area contributed by atoms with Gasteiger partial charge in [-0.25, -0.2) is 19.2 Å². The second kappa shape index (κ2) is 20.4. The van der Waals surface area contributed by atoms with Gasteiger partial charge in [0.1, 0.15) is 22.3 Å². The minimum Gasteiger partial charge on any atom is -0.462 e. The number of allylic oxidation sites excluding steroid dienone is 4. The van der Waals surface area contributed by atoms with E-state index in [-0.39, 0.29) is 48.7 Å². The molecular weight excluding hydrogens is 576 g/mol. The highest BCUT2D eigenvalue weighted by atomic mass is 16.5. The van der Waals surface area contributed by atoms with Crippen LogP contribution in [0.5, 0.6) is 0 Å². The minimum atomic E-state index is -0.880. The molecule has 0 aliphatic heterocycles. The number of hydrogen-bond donors (Lipinski definition) is 0. The molecule has 2 rings (SSSR count). The number of rotatable bonds is 16. The summed E-state index contributed by atoms with van der Waals surface area (Å²) >= 11 is 0. The third-order valence-electron chi connectivity index (χ3n) is 6.06. The average molecular weight is 617 g/mol. The fraction of sp³-hybridized carbons (Fsp3) is 0.500. The molecule has 12 heteroatoms. The average Bonchev–Trinajstić information content (AvgIpc) is 2.99. The fourth-order valence-electron chi connectivity index (χ4n) is 3.72. The van der Waals surface area contributed by atoms with Crippen LogP contribution < -0.4 is 0 Å². The highest BCUT2D eigenvalue weighted by Crippen LogP contribution is 2.16. The maximum absolute atomic E-state index is 12.0. The van der Waals surface area contributed by atoms with Gasteiger partial charge in [0.2, 0.25) is 0 Å². The van der Waals surface area contributed by atoms with Gasteiger partial charge < -0.3 is 18.9 Å². The Morgan fingerprint density at radius 1 is 0.432 bits per heavy atom. The van der Waals surface area contributed by atoms with Gasteiger partial charge in [-0.1, -0.05) is 52.4 Å². The molecule has 0 fully saturated rings. The van der Waals surface area contributed by atoms with Crippen molar-refractivity contribution in [3.8, 4) is 0 Å². The molecule has 0 heterocycles. The summed E-state index contributed by atoms with van der Waals surface area (Å²) in [6.07, 6.45) is 10.8. The summed E-state index contributed by atoms with van der Waals surface area (Å²) in [4.78, 5) is 93.8. The van der Waals surface area contributed by atoms with E-state index in [2.05, 4.69) is 23.3 Å². The molecule has 2 aliphatic carbocycles. The van der Waals surface area contributed by atoms with Gasteiger partial charge in [-0.05, 0) is 26.7 Å². The molecule has 0 spiro atoms. The van der Waals surface area contributed by atoms with Crippen molar-refractivity contribution in [2.24, 2.45) is 0 Å². The lowest BCUT2D eigenvalue weighted by Gasteiger charge is -2.12. The molecule has 0 unspecified atom stereocenters. The van der Waals surface area contributed by atoms with Crippen LogP contribution in [-0.2, 0) is 57.3 Å². The van der Waals surface area contributed by atoms with Crippen LogP contribution in [0.25, 0.3) is 0 Å². The molecule has 0 atom stereocenters. The van der Waals surface area contributed by atoms with E-state index in [0.717, 1.165) is 62.8 Å². The Labute approximate surface area is 256 Å². The lowest BCUT2D eigenvalue weighted by molar-refractivity contribution is -0.143. The van der Waals surface area contributed by atoms with Crippen LogP contribution in [0.3, 0.4) is 0 Å². The largest absolute Gasteiger partial charge is 0.462 e. The third kappa shape index (κ3) is 12.4. The van der Waals surface area contributed by atoms with Crippen LogP contribution in [0.4, 0.5) is 0 Å². The Morgan fingerprint density at radius 2 is 0.705 bits per heavy atom. The SMILES string of the molecule is CCCCCCOC(=O)C1=CC(=O)C(C(=O)OCCCCCC)=CC1=O.CCOC(=O)C1=CC(=O)C(C(=O)OCC)=CC1=O. The number of esters is 4. The molecule has 0 N–H and O–H groups in total. The zero-order valence-electron chi connectivity index (χ0n) is 25.7. The number of hydrogen-bond acceptors (Lipinski definition) is 12. The van der Waals surface area contributed by atoms with Crippen LogP contribution >= 0.6 is 0 Å². The summed E-state index contributed by atoms with van der Waals surface area (Å²) in [6.45, 7) is 7.88. The van der Waals surface area contributed by atoms with E-state index in [9.17, 15) is 38.4 Å². The summed E-state index contributed by atoms with van der Waals surface area (Å²) in [6, 6.07) is 0. The molecule has 0 aromatic heterocycles. The first-order valence-corrected chi connectivity index (χ1v) is 14.7. The molecule has 0 bridgehead atoms. The van der Waals surface area contributed by atoms with E-state index in [4.69, 9.17) is 9.47 Å². The second-order valence-corrected chi connectivity index (χ2v) is 9.52. The predicted octanol–water partition coefficient (Wildman–Crippen LogP) is 3.36. The van der Waals surface area contributed by atoms with Crippen molar-refractivity contribution in [3.63, 3.8) is 0 Å². The number of carbonyl (C=O) groups is 8. The Kier molecular flexibility index (Phi) is 17.4. The first-order chi connectivity index (χ1) is 21.0. The first kappa shape index (κ1) is 37.5. The van der Waals surface area contributed by atoms with Gasteiger partial charge in [0.25, 0.3) is 0 Å². The Morgan fingerprint density at radius 3 is 0.955 bits per heavy atom. The van der Waals surface area contributed by atoms with Crippen molar-refractivity contribution < 1.29 is 57.3 Å². The normalized spacial score (nSPS) is 14.3. The maximum Gasteiger partial charge on any atom is 0.342 e. The van der Waals surface area contributed by atoms with E-state index < -0.39 is 47.0 Å². The van der Waals surface area contributed by atoms with Crippen LogP contribution in [0, 0.1) is 0 Å². The minimum absolute atomic E-state index is 0.0894. The van der Waals surface area contributed by atoms with Crippen molar-refractivity contribution in [1.82, 2.24) is 0 Å². The summed E-state index contributed by atoms with van der Waals surface area (Å²) < 4.78 is 19.3. The lowest BCUT2D eigenvalue weighted by Crippen LogP contribution is -2.25. The van der Waals surface area contributed by atoms with Crippen molar-refractivity contribution in [3.05, 3.63) is 46.6 Å².